The normalized spacial score (nSPS) is 22.7. The Morgan fingerprint density at radius 2 is 1.87 bits per heavy atom. The van der Waals surface area contributed by atoms with Crippen LogP contribution >= 0.6 is 0 Å². The molecule has 1 N–H and O–H groups in total. The molecular weight excluding hydrogens is 190 g/mol. The third-order valence-electron chi connectivity index (χ3n) is 3.32. The molecule has 0 unspecified atom stereocenters. The standard InChI is InChI=1S/C12H21NO2/c14-12(8-13-11-6-7-11)15-9-10-4-2-1-3-5-10/h10-11,13H,1-9H2. The van der Waals surface area contributed by atoms with E-state index in [1.54, 1.807) is 0 Å². The van der Waals surface area contributed by atoms with Gasteiger partial charge < -0.3 is 10.1 Å². The summed E-state index contributed by atoms with van der Waals surface area (Å²) in [7, 11) is 0. The van der Waals surface area contributed by atoms with Crippen LogP contribution in [0.3, 0.4) is 0 Å². The molecule has 86 valence electrons. The Morgan fingerprint density at radius 1 is 1.13 bits per heavy atom. The number of hydrogen-bond acceptors (Lipinski definition) is 3. The summed E-state index contributed by atoms with van der Waals surface area (Å²) < 4.78 is 5.26. The van der Waals surface area contributed by atoms with Crippen molar-refractivity contribution in [1.82, 2.24) is 5.32 Å². The first-order valence-electron chi connectivity index (χ1n) is 6.23. The summed E-state index contributed by atoms with van der Waals surface area (Å²) >= 11 is 0. The fraction of sp³-hybridized carbons (Fsp3) is 0.917. The Balaban J connectivity index is 1.53. The lowest BCUT2D eigenvalue weighted by molar-refractivity contribution is -0.144. The van der Waals surface area contributed by atoms with Crippen LogP contribution in [0.15, 0.2) is 0 Å². The zero-order valence-electron chi connectivity index (χ0n) is 9.34. The van der Waals surface area contributed by atoms with Gasteiger partial charge >= 0.3 is 5.97 Å². The van der Waals surface area contributed by atoms with Gasteiger partial charge in [-0.2, -0.15) is 0 Å². The van der Waals surface area contributed by atoms with Crippen molar-refractivity contribution in [3.8, 4) is 0 Å². The fourth-order valence-corrected chi connectivity index (χ4v) is 2.13. The molecule has 2 saturated carbocycles. The number of carbonyl (C=O) groups excluding carboxylic acids is 1. The van der Waals surface area contributed by atoms with E-state index in [1.807, 2.05) is 0 Å². The number of ether oxygens (including phenoxy) is 1. The summed E-state index contributed by atoms with van der Waals surface area (Å²) in [4.78, 5) is 11.3. The zero-order chi connectivity index (χ0) is 10.5. The largest absolute Gasteiger partial charge is 0.464 e. The van der Waals surface area contributed by atoms with Crippen LogP contribution in [-0.2, 0) is 9.53 Å². The topological polar surface area (TPSA) is 38.3 Å². The molecule has 2 aliphatic rings. The Morgan fingerprint density at radius 3 is 2.53 bits per heavy atom. The quantitative estimate of drug-likeness (QED) is 0.705. The first-order valence-corrected chi connectivity index (χ1v) is 6.23. The van der Waals surface area contributed by atoms with Crippen molar-refractivity contribution in [3.05, 3.63) is 0 Å². The van der Waals surface area contributed by atoms with E-state index in [0.717, 1.165) is 0 Å². The van der Waals surface area contributed by atoms with Crippen LogP contribution in [0.1, 0.15) is 44.9 Å². The maximum Gasteiger partial charge on any atom is 0.319 e. The zero-order valence-corrected chi connectivity index (χ0v) is 9.34. The summed E-state index contributed by atoms with van der Waals surface area (Å²) in [5.41, 5.74) is 0. The molecule has 0 atom stereocenters. The second-order valence-electron chi connectivity index (χ2n) is 4.84. The van der Waals surface area contributed by atoms with Crippen LogP contribution in [0.4, 0.5) is 0 Å². The third-order valence-corrected chi connectivity index (χ3v) is 3.32. The minimum atomic E-state index is -0.0764. The van der Waals surface area contributed by atoms with E-state index in [2.05, 4.69) is 5.32 Å². The predicted octanol–water partition coefficient (Wildman–Crippen LogP) is 1.86. The monoisotopic (exact) mass is 211 g/mol. The van der Waals surface area contributed by atoms with Gasteiger partial charge in [-0.3, -0.25) is 4.79 Å². The number of nitrogens with one attached hydrogen (secondary N) is 1. The summed E-state index contributed by atoms with van der Waals surface area (Å²) in [6.07, 6.45) is 8.89. The van der Waals surface area contributed by atoms with Crippen LogP contribution < -0.4 is 5.32 Å². The van der Waals surface area contributed by atoms with Crippen LogP contribution in [-0.4, -0.2) is 25.2 Å². The molecule has 0 aliphatic heterocycles. The lowest BCUT2D eigenvalue weighted by Gasteiger charge is -2.21. The molecular formula is C12H21NO2. The molecule has 0 aromatic carbocycles. The Labute approximate surface area is 91.6 Å². The van der Waals surface area contributed by atoms with Gasteiger partial charge in [0.25, 0.3) is 0 Å². The maximum absolute atomic E-state index is 11.3. The predicted molar refractivity (Wildman–Crippen MR) is 58.6 cm³/mol. The molecule has 0 spiro atoms. The van der Waals surface area contributed by atoms with Gasteiger partial charge in [0.2, 0.25) is 0 Å². The highest BCUT2D eigenvalue weighted by Crippen LogP contribution is 2.23. The van der Waals surface area contributed by atoms with Gasteiger partial charge in [-0.25, -0.2) is 0 Å². The highest BCUT2D eigenvalue weighted by Gasteiger charge is 2.22. The second kappa shape index (κ2) is 5.50. The summed E-state index contributed by atoms with van der Waals surface area (Å²) in [5, 5.41) is 3.17. The van der Waals surface area contributed by atoms with Crippen molar-refractivity contribution < 1.29 is 9.53 Å². The van der Waals surface area contributed by atoms with Crippen molar-refractivity contribution in [1.29, 1.82) is 0 Å². The average Bonchev–Trinajstić information content (AvgIpc) is 3.09. The number of rotatable bonds is 5. The number of esters is 1. The molecule has 0 aromatic rings. The van der Waals surface area contributed by atoms with Gasteiger partial charge in [-0.05, 0) is 31.6 Å². The van der Waals surface area contributed by atoms with Crippen molar-refractivity contribution >= 4 is 5.97 Å². The van der Waals surface area contributed by atoms with Crippen LogP contribution in [0.5, 0.6) is 0 Å². The third kappa shape index (κ3) is 4.20. The van der Waals surface area contributed by atoms with Crippen molar-refractivity contribution in [2.24, 2.45) is 5.92 Å². The van der Waals surface area contributed by atoms with Crippen LogP contribution in [0.2, 0.25) is 0 Å². The molecule has 15 heavy (non-hydrogen) atoms. The minimum absolute atomic E-state index is 0.0764. The SMILES string of the molecule is O=C(CNC1CC1)OCC1CCCCC1. The maximum atomic E-state index is 11.3. The smallest absolute Gasteiger partial charge is 0.319 e. The summed E-state index contributed by atoms with van der Waals surface area (Å²) in [6, 6.07) is 0.590. The van der Waals surface area contributed by atoms with Crippen LogP contribution in [0, 0.1) is 5.92 Å². The minimum Gasteiger partial charge on any atom is -0.464 e. The molecule has 0 heterocycles. The van der Waals surface area contributed by atoms with E-state index < -0.39 is 0 Å². The van der Waals surface area contributed by atoms with Crippen molar-refractivity contribution in [3.63, 3.8) is 0 Å². The Kier molecular flexibility index (Phi) is 4.01. The number of carbonyl (C=O) groups is 1. The van der Waals surface area contributed by atoms with Gasteiger partial charge in [0.05, 0.1) is 13.2 Å². The van der Waals surface area contributed by atoms with E-state index in [-0.39, 0.29) is 5.97 Å². The molecule has 0 bridgehead atoms. The molecule has 2 fully saturated rings. The van der Waals surface area contributed by atoms with Gasteiger partial charge in [-0.1, -0.05) is 19.3 Å². The van der Waals surface area contributed by atoms with Gasteiger partial charge in [0, 0.05) is 6.04 Å². The van der Waals surface area contributed by atoms with Crippen LogP contribution in [0.25, 0.3) is 0 Å². The second-order valence-corrected chi connectivity index (χ2v) is 4.84. The molecule has 0 radical (unpaired) electrons. The van der Waals surface area contributed by atoms with E-state index in [0.29, 0.717) is 25.1 Å². The van der Waals surface area contributed by atoms with Gasteiger partial charge in [0.15, 0.2) is 0 Å². The molecule has 3 heteroatoms. The lowest BCUT2D eigenvalue weighted by Crippen LogP contribution is -2.28. The first kappa shape index (κ1) is 10.9. The lowest BCUT2D eigenvalue weighted by atomic mass is 9.90. The molecule has 2 aliphatic carbocycles. The van der Waals surface area contributed by atoms with E-state index in [1.165, 1.54) is 44.9 Å². The fourth-order valence-electron chi connectivity index (χ4n) is 2.13. The highest BCUT2D eigenvalue weighted by atomic mass is 16.5. The molecule has 3 nitrogen and oxygen atoms in total. The van der Waals surface area contributed by atoms with E-state index >= 15 is 0 Å². The highest BCUT2D eigenvalue weighted by molar-refractivity contribution is 5.71. The molecule has 2 rings (SSSR count). The van der Waals surface area contributed by atoms with Crippen molar-refractivity contribution in [2.75, 3.05) is 13.2 Å². The van der Waals surface area contributed by atoms with E-state index in [4.69, 9.17) is 4.74 Å². The Bertz CT molecular complexity index is 208. The van der Waals surface area contributed by atoms with Crippen molar-refractivity contribution in [2.45, 2.75) is 51.0 Å². The number of hydrogen-bond donors (Lipinski definition) is 1. The summed E-state index contributed by atoms with van der Waals surface area (Å²) in [5.74, 6) is 0.552. The summed E-state index contributed by atoms with van der Waals surface area (Å²) in [6.45, 7) is 1.04. The van der Waals surface area contributed by atoms with Gasteiger partial charge in [-0.15, -0.1) is 0 Å². The van der Waals surface area contributed by atoms with Gasteiger partial charge in [0.1, 0.15) is 0 Å². The molecule has 0 aromatic heterocycles. The average molecular weight is 211 g/mol. The Hall–Kier alpha value is -0.570. The van der Waals surface area contributed by atoms with E-state index in [9.17, 15) is 4.79 Å². The molecule has 0 saturated heterocycles. The first-order chi connectivity index (χ1) is 7.34. The molecule has 0 amide bonds.